The average Bonchev–Trinajstić information content (AvgIpc) is 2.67. The molecule has 2 atom stereocenters. The van der Waals surface area contributed by atoms with Gasteiger partial charge >= 0.3 is 13.4 Å². The van der Waals surface area contributed by atoms with Crippen molar-refractivity contribution < 1.29 is 23.1 Å². The summed E-state index contributed by atoms with van der Waals surface area (Å²) in [5, 5.41) is 9.15. The predicted molar refractivity (Wildman–Crippen MR) is 104 cm³/mol. The maximum atomic E-state index is 6.76. The van der Waals surface area contributed by atoms with Crippen molar-refractivity contribution in [3.8, 4) is 0 Å². The van der Waals surface area contributed by atoms with Crippen LogP contribution < -0.4 is 10.9 Å². The van der Waals surface area contributed by atoms with Gasteiger partial charge in [0.25, 0.3) is 11.8 Å². The van der Waals surface area contributed by atoms with Gasteiger partial charge < -0.3 is 13.9 Å². The highest BCUT2D eigenvalue weighted by Gasteiger charge is 2.69. The summed E-state index contributed by atoms with van der Waals surface area (Å²) in [4.78, 5) is 0. The third-order valence-electron chi connectivity index (χ3n) is 5.74. The van der Waals surface area contributed by atoms with Gasteiger partial charge in [-0.25, -0.2) is 9.19 Å². The van der Waals surface area contributed by atoms with E-state index in [0.717, 1.165) is 22.1 Å². The van der Waals surface area contributed by atoms with Crippen LogP contribution in [0.2, 0.25) is 0 Å². The Morgan fingerprint density at radius 2 is 1.15 bits per heavy atom. The van der Waals surface area contributed by atoms with Crippen LogP contribution in [0, 0.1) is 0 Å². The summed E-state index contributed by atoms with van der Waals surface area (Å²) >= 11 is 0. The summed E-state index contributed by atoms with van der Waals surface area (Å²) in [6.07, 6.45) is 3.61. The van der Waals surface area contributed by atoms with E-state index in [1.165, 1.54) is 0 Å². The lowest BCUT2D eigenvalue weighted by Gasteiger charge is -2.54. The second kappa shape index (κ2) is 4.75. The van der Waals surface area contributed by atoms with Gasteiger partial charge in [-0.2, -0.15) is 0 Å². The first-order valence-electron chi connectivity index (χ1n) is 9.04. The first-order valence-corrected chi connectivity index (χ1v) is 9.04. The largest absolute Gasteiger partial charge is 0.626 e. The van der Waals surface area contributed by atoms with Gasteiger partial charge in [-0.05, 0) is 22.1 Å². The zero-order valence-corrected chi connectivity index (χ0v) is 14.9. The van der Waals surface area contributed by atoms with Crippen LogP contribution in [-0.2, 0) is 13.9 Å². The molecule has 0 saturated carbocycles. The monoisotopic (exact) mass is 358 g/mol. The zero-order chi connectivity index (χ0) is 18.2. The van der Waals surface area contributed by atoms with E-state index in [1.54, 1.807) is 9.19 Å². The molecular formula is C18H16B2N4O3. The highest BCUT2D eigenvalue weighted by molar-refractivity contribution is 6.91. The van der Waals surface area contributed by atoms with Gasteiger partial charge in [0.2, 0.25) is 0 Å². The minimum atomic E-state index is -2.09. The molecule has 0 radical (unpaired) electrons. The van der Waals surface area contributed by atoms with Crippen LogP contribution in [0.1, 0.15) is 25.0 Å². The Labute approximate surface area is 155 Å². The van der Waals surface area contributed by atoms with E-state index >= 15 is 0 Å². The first kappa shape index (κ1) is 14.9. The molecule has 7 nitrogen and oxygen atoms in total. The number of fused-ring (bicyclic) bond motifs is 2. The molecule has 0 saturated heterocycles. The highest BCUT2D eigenvalue weighted by atomic mass is 16.7. The number of hydrazone groups is 2. The Bertz CT molecular complexity index is 1070. The van der Waals surface area contributed by atoms with Gasteiger partial charge in [0.1, 0.15) is 0 Å². The SMILES string of the molecule is CC1=[N+]2N=Cc3ccccc3[B@-]23OC(C)=[N+]2N=Cc4ccccc4[B@@-]2(O1)O3. The summed E-state index contributed by atoms with van der Waals surface area (Å²) in [6, 6.07) is 16.0. The Balaban J connectivity index is 1.71. The molecule has 132 valence electrons. The Morgan fingerprint density at radius 1 is 0.704 bits per heavy atom. The fraction of sp³-hybridized carbons (Fsp3) is 0.111. The predicted octanol–water partition coefficient (Wildman–Crippen LogP) is 0.312. The van der Waals surface area contributed by atoms with E-state index in [0.29, 0.717) is 11.8 Å². The van der Waals surface area contributed by atoms with Crippen molar-refractivity contribution in [3.05, 3.63) is 59.7 Å². The Kier molecular flexibility index (Phi) is 2.62. The lowest BCUT2D eigenvalue weighted by atomic mass is 9.50. The van der Waals surface area contributed by atoms with Gasteiger partial charge in [0.15, 0.2) is 0 Å². The lowest BCUT2D eigenvalue weighted by Crippen LogP contribution is -2.83. The van der Waals surface area contributed by atoms with Crippen molar-refractivity contribution in [2.75, 3.05) is 0 Å². The van der Waals surface area contributed by atoms with Crippen molar-refractivity contribution in [1.82, 2.24) is 0 Å². The summed E-state index contributed by atoms with van der Waals surface area (Å²) in [6.45, 7) is -0.399. The molecule has 0 N–H and O–H groups in total. The summed E-state index contributed by atoms with van der Waals surface area (Å²) in [7, 11) is 0. The van der Waals surface area contributed by atoms with E-state index in [4.69, 9.17) is 13.9 Å². The molecule has 2 bridgehead atoms. The molecule has 0 unspecified atom stereocenters. The summed E-state index contributed by atoms with van der Waals surface area (Å²) < 4.78 is 23.0. The molecule has 2 spiro atoms. The van der Waals surface area contributed by atoms with E-state index in [9.17, 15) is 0 Å². The number of hydrogen-bond acceptors (Lipinski definition) is 5. The van der Waals surface area contributed by atoms with Crippen LogP contribution in [0.4, 0.5) is 0 Å². The minimum absolute atomic E-state index is 0.622. The number of hydrogen-bond donors (Lipinski definition) is 0. The van der Waals surface area contributed by atoms with Crippen molar-refractivity contribution >= 4 is 48.5 Å². The second-order valence-corrected chi connectivity index (χ2v) is 7.19. The Morgan fingerprint density at radius 3 is 1.63 bits per heavy atom. The number of nitrogens with zero attached hydrogens (tertiary/aromatic N) is 4. The van der Waals surface area contributed by atoms with Crippen LogP contribution in [0.25, 0.3) is 0 Å². The van der Waals surface area contributed by atoms with Crippen molar-refractivity contribution in [1.29, 1.82) is 0 Å². The Hall–Kier alpha value is -3.19. The number of benzene rings is 2. The molecule has 2 aromatic rings. The highest BCUT2D eigenvalue weighted by Crippen LogP contribution is 2.33. The molecule has 4 heterocycles. The lowest BCUT2D eigenvalue weighted by molar-refractivity contribution is -0.501. The molecule has 4 aliphatic heterocycles. The van der Waals surface area contributed by atoms with Crippen LogP contribution in [-0.4, -0.2) is 46.8 Å². The summed E-state index contributed by atoms with van der Waals surface area (Å²) in [5.74, 6) is 1.24. The third-order valence-corrected chi connectivity index (χ3v) is 5.74. The molecule has 2 aromatic carbocycles. The fourth-order valence-corrected chi connectivity index (χ4v) is 4.62. The number of rotatable bonds is 0. The van der Waals surface area contributed by atoms with E-state index < -0.39 is 13.4 Å². The van der Waals surface area contributed by atoms with Crippen LogP contribution in [0.3, 0.4) is 0 Å². The van der Waals surface area contributed by atoms with E-state index in [1.807, 2.05) is 74.8 Å². The molecule has 9 heteroatoms. The van der Waals surface area contributed by atoms with E-state index in [2.05, 4.69) is 10.2 Å². The molecule has 0 fully saturated rings. The third kappa shape index (κ3) is 1.67. The molecular weight excluding hydrogens is 342 g/mol. The normalized spacial score (nSPS) is 29.3. The molecule has 0 amide bonds. The van der Waals surface area contributed by atoms with Crippen molar-refractivity contribution in [2.45, 2.75) is 13.8 Å². The van der Waals surface area contributed by atoms with Gasteiger partial charge in [0.05, 0.1) is 26.3 Å². The maximum Gasteiger partial charge on any atom is 0.626 e. The topological polar surface area (TPSA) is 58.4 Å². The second-order valence-electron chi connectivity index (χ2n) is 7.19. The zero-order valence-electron chi connectivity index (χ0n) is 14.9. The molecule has 6 rings (SSSR count). The van der Waals surface area contributed by atoms with E-state index in [-0.39, 0.29) is 0 Å². The average molecular weight is 358 g/mol. The van der Waals surface area contributed by atoms with Crippen LogP contribution in [0.15, 0.2) is 58.7 Å². The standard InChI is InChI=1S/C18H16B2N4O3/c1-13-23-19(17-9-5-3-7-15(17)11-21-23)26-14(2)24-20(25-13,27-19)18-10-6-4-8-16(18)12-22-24/h3-12H,1-2H3/t19-,20-/m1/s1. The van der Waals surface area contributed by atoms with Crippen molar-refractivity contribution in [2.24, 2.45) is 10.2 Å². The first-order chi connectivity index (χ1) is 13.1. The van der Waals surface area contributed by atoms with Gasteiger partial charge in [-0.3, -0.25) is 0 Å². The van der Waals surface area contributed by atoms with Crippen LogP contribution in [0.5, 0.6) is 0 Å². The van der Waals surface area contributed by atoms with Crippen molar-refractivity contribution in [3.63, 3.8) is 0 Å². The van der Waals surface area contributed by atoms with Crippen LogP contribution >= 0.6 is 0 Å². The summed E-state index contributed by atoms with van der Waals surface area (Å²) in [5.41, 5.74) is 3.84. The fourth-order valence-electron chi connectivity index (χ4n) is 4.62. The van der Waals surface area contributed by atoms with Gasteiger partial charge in [0, 0.05) is 0 Å². The minimum Gasteiger partial charge on any atom is -0.614 e. The molecule has 27 heavy (non-hydrogen) atoms. The van der Waals surface area contributed by atoms with Gasteiger partial charge in [-0.15, -0.1) is 0 Å². The maximum absolute atomic E-state index is 6.76. The van der Waals surface area contributed by atoms with Gasteiger partial charge in [-0.1, -0.05) is 58.7 Å². The molecule has 4 aliphatic rings. The quantitative estimate of drug-likeness (QED) is 0.638. The smallest absolute Gasteiger partial charge is 0.614 e. The molecule has 0 aromatic heterocycles. The molecule has 0 aliphatic carbocycles.